The molecule has 1 aliphatic heterocycles. The summed E-state index contributed by atoms with van der Waals surface area (Å²) < 4.78 is 43.5. The minimum Gasteiger partial charge on any atom is -0.394 e. The van der Waals surface area contributed by atoms with E-state index in [4.69, 9.17) is 15.6 Å². The number of thiazole rings is 1. The van der Waals surface area contributed by atoms with Crippen LogP contribution in [0.3, 0.4) is 0 Å². The number of carbonyl (C=O) groups excluding carboxylic acids is 1. The number of nitrogens with two attached hydrogens (primary N) is 1. The van der Waals surface area contributed by atoms with Gasteiger partial charge >= 0.3 is 6.18 Å². The summed E-state index contributed by atoms with van der Waals surface area (Å²) >= 11 is 0.383. The predicted octanol–water partition coefficient (Wildman–Crippen LogP) is -0.846. The molecule has 1 aromatic rings. The van der Waals surface area contributed by atoms with Crippen molar-refractivity contribution in [2.45, 2.75) is 30.5 Å². The summed E-state index contributed by atoms with van der Waals surface area (Å²) in [6.45, 7) is -0.706. The molecule has 1 aliphatic rings. The fraction of sp³-hybridized carbons (Fsp3) is 0.636. The average Bonchev–Trinajstić information content (AvgIpc) is 2.88. The number of primary amides is 1. The van der Waals surface area contributed by atoms with Crippen LogP contribution in [-0.2, 0) is 10.9 Å². The number of rotatable bonds is 4. The molecular formula is C11H14F3N3O5S. The van der Waals surface area contributed by atoms with Gasteiger partial charge in [0.05, 0.1) is 19.3 Å². The van der Waals surface area contributed by atoms with E-state index in [0.717, 1.165) is 0 Å². The molecule has 0 radical (unpaired) electrons. The molecule has 4 atom stereocenters. The Morgan fingerprint density at radius 2 is 2.09 bits per heavy atom. The van der Waals surface area contributed by atoms with Gasteiger partial charge < -0.3 is 31.1 Å². The van der Waals surface area contributed by atoms with Crippen molar-refractivity contribution in [1.82, 2.24) is 4.98 Å². The van der Waals surface area contributed by atoms with Gasteiger partial charge in [0.15, 0.2) is 10.8 Å². The van der Waals surface area contributed by atoms with E-state index in [1.807, 2.05) is 0 Å². The minimum absolute atomic E-state index is 0.184. The molecule has 0 spiro atoms. The number of aliphatic hydroxyl groups excluding tert-OH is 3. The molecule has 1 saturated heterocycles. The number of aliphatic hydroxyl groups is 3. The van der Waals surface area contributed by atoms with Crippen molar-refractivity contribution in [3.8, 4) is 0 Å². The van der Waals surface area contributed by atoms with E-state index in [2.05, 4.69) is 10.3 Å². The maximum Gasteiger partial charge on any atom is 0.435 e. The van der Waals surface area contributed by atoms with Crippen LogP contribution in [0.25, 0.3) is 0 Å². The van der Waals surface area contributed by atoms with Crippen molar-refractivity contribution in [1.29, 1.82) is 0 Å². The molecule has 23 heavy (non-hydrogen) atoms. The van der Waals surface area contributed by atoms with E-state index in [9.17, 15) is 28.2 Å². The maximum atomic E-state index is 12.8. The number of nitrogens with one attached hydrogen (secondary N) is 1. The lowest BCUT2D eigenvalue weighted by Crippen LogP contribution is -2.56. The topological polar surface area (TPSA) is 138 Å². The maximum absolute atomic E-state index is 12.8. The number of ether oxygens (including phenoxy) is 1. The van der Waals surface area contributed by atoms with Gasteiger partial charge in [-0.05, 0) is 0 Å². The number of anilines is 1. The number of amides is 1. The van der Waals surface area contributed by atoms with Crippen LogP contribution < -0.4 is 11.1 Å². The van der Waals surface area contributed by atoms with Crippen LogP contribution >= 0.6 is 11.3 Å². The lowest BCUT2D eigenvalue weighted by atomic mass is 9.99. The Balaban J connectivity index is 2.19. The number of halogens is 3. The third-order valence-corrected chi connectivity index (χ3v) is 4.24. The Kier molecular flexibility index (Phi) is 5.10. The predicted molar refractivity (Wildman–Crippen MR) is 71.9 cm³/mol. The van der Waals surface area contributed by atoms with Crippen LogP contribution in [0.4, 0.5) is 18.3 Å². The normalized spacial score (nSPS) is 28.6. The number of nitrogens with zero attached hydrogens (tertiary/aromatic N) is 1. The third-order valence-electron chi connectivity index (χ3n) is 3.24. The van der Waals surface area contributed by atoms with E-state index in [-0.39, 0.29) is 11.7 Å². The van der Waals surface area contributed by atoms with Crippen molar-refractivity contribution < 1.29 is 38.0 Å². The first-order valence-corrected chi connectivity index (χ1v) is 7.19. The molecule has 0 aromatic carbocycles. The zero-order valence-corrected chi connectivity index (χ0v) is 12.3. The molecule has 0 saturated carbocycles. The molecule has 2 rings (SSSR count). The Bertz CT molecular complexity index is 582. The first-order chi connectivity index (χ1) is 10.6. The van der Waals surface area contributed by atoms with Gasteiger partial charge in [0.25, 0.3) is 5.91 Å². The van der Waals surface area contributed by atoms with Crippen LogP contribution in [0, 0.1) is 0 Å². The fourth-order valence-corrected chi connectivity index (χ4v) is 2.97. The molecule has 0 unspecified atom stereocenters. The molecule has 6 N–H and O–H groups in total. The number of alkyl halides is 3. The highest BCUT2D eigenvalue weighted by atomic mass is 32.1. The van der Waals surface area contributed by atoms with Crippen molar-refractivity contribution in [2.24, 2.45) is 5.73 Å². The smallest absolute Gasteiger partial charge is 0.394 e. The number of hydrogen-bond acceptors (Lipinski definition) is 8. The summed E-state index contributed by atoms with van der Waals surface area (Å²) in [5, 5.41) is 30.7. The summed E-state index contributed by atoms with van der Waals surface area (Å²) in [7, 11) is 0. The number of hydrogen-bond donors (Lipinski definition) is 5. The molecule has 8 nitrogen and oxygen atoms in total. The highest BCUT2D eigenvalue weighted by Gasteiger charge is 2.41. The zero-order chi connectivity index (χ0) is 17.4. The SMILES string of the molecule is NC(=O)c1sc(N[C@H]2CO[C@H](CO)[C@H](O)[C@@H]2O)nc1C(F)(F)F. The minimum atomic E-state index is -4.86. The lowest BCUT2D eigenvalue weighted by Gasteiger charge is -2.37. The highest BCUT2D eigenvalue weighted by molar-refractivity contribution is 7.17. The Labute approximate surface area is 131 Å². The van der Waals surface area contributed by atoms with Crippen molar-refractivity contribution in [2.75, 3.05) is 18.5 Å². The van der Waals surface area contributed by atoms with Crippen molar-refractivity contribution in [3.05, 3.63) is 10.6 Å². The molecule has 2 heterocycles. The van der Waals surface area contributed by atoms with E-state index in [1.165, 1.54) is 0 Å². The first-order valence-electron chi connectivity index (χ1n) is 6.38. The van der Waals surface area contributed by atoms with Gasteiger partial charge in [0, 0.05) is 0 Å². The largest absolute Gasteiger partial charge is 0.435 e. The van der Waals surface area contributed by atoms with Gasteiger partial charge in [-0.1, -0.05) is 11.3 Å². The van der Waals surface area contributed by atoms with Crippen LogP contribution in [0.2, 0.25) is 0 Å². The van der Waals surface area contributed by atoms with Crippen LogP contribution in [-0.4, -0.2) is 63.8 Å². The fourth-order valence-electron chi connectivity index (χ4n) is 2.07. The van der Waals surface area contributed by atoms with Crippen LogP contribution in [0.1, 0.15) is 15.4 Å². The summed E-state index contributed by atoms with van der Waals surface area (Å²) in [5.41, 5.74) is 3.49. The molecule has 1 fully saturated rings. The second-order valence-electron chi connectivity index (χ2n) is 4.85. The molecule has 0 aliphatic carbocycles. The van der Waals surface area contributed by atoms with Crippen molar-refractivity contribution in [3.63, 3.8) is 0 Å². The summed E-state index contributed by atoms with van der Waals surface area (Å²) in [6, 6.07) is -0.972. The molecular weight excluding hydrogens is 343 g/mol. The molecule has 0 bridgehead atoms. The van der Waals surface area contributed by atoms with E-state index in [1.54, 1.807) is 0 Å². The van der Waals surface area contributed by atoms with Gasteiger partial charge in [-0.15, -0.1) is 0 Å². The second kappa shape index (κ2) is 6.57. The van der Waals surface area contributed by atoms with Gasteiger partial charge in [-0.2, -0.15) is 13.2 Å². The Morgan fingerprint density at radius 3 is 2.57 bits per heavy atom. The van der Waals surface area contributed by atoms with Crippen LogP contribution in [0.15, 0.2) is 0 Å². The van der Waals surface area contributed by atoms with E-state index >= 15 is 0 Å². The van der Waals surface area contributed by atoms with Gasteiger partial charge in [-0.3, -0.25) is 4.79 Å². The molecule has 12 heteroatoms. The average molecular weight is 357 g/mol. The van der Waals surface area contributed by atoms with E-state index < -0.39 is 53.6 Å². The van der Waals surface area contributed by atoms with Crippen LogP contribution in [0.5, 0.6) is 0 Å². The first kappa shape index (κ1) is 17.9. The number of aromatic nitrogens is 1. The summed E-state index contributed by atoms with van der Waals surface area (Å²) in [6.07, 6.45) is -8.68. The zero-order valence-electron chi connectivity index (χ0n) is 11.4. The summed E-state index contributed by atoms with van der Waals surface area (Å²) in [4.78, 5) is 13.6. The molecule has 1 amide bonds. The van der Waals surface area contributed by atoms with Gasteiger partial charge in [0.2, 0.25) is 0 Å². The third kappa shape index (κ3) is 3.72. The Hall–Kier alpha value is -1.47. The molecule has 1 aromatic heterocycles. The van der Waals surface area contributed by atoms with E-state index in [0.29, 0.717) is 11.3 Å². The quantitative estimate of drug-likeness (QED) is 0.473. The van der Waals surface area contributed by atoms with Gasteiger partial charge in [-0.25, -0.2) is 4.98 Å². The molecule has 130 valence electrons. The monoisotopic (exact) mass is 357 g/mol. The standard InChI is InChI=1S/C11H14F3N3O5S/c12-11(13,14)8-7(9(15)21)23-10(17-8)16-3-2-22-4(1-18)6(20)5(3)19/h3-6,18-20H,1-2H2,(H2,15,21)(H,16,17)/t3-,4+,5+,6-/m0/s1. The lowest BCUT2D eigenvalue weighted by molar-refractivity contribution is -0.152. The summed E-state index contributed by atoms with van der Waals surface area (Å²) in [5.74, 6) is -1.27. The highest BCUT2D eigenvalue weighted by Crippen LogP contribution is 2.36. The van der Waals surface area contributed by atoms with Crippen molar-refractivity contribution >= 4 is 22.4 Å². The number of carbonyl (C=O) groups is 1. The Morgan fingerprint density at radius 1 is 1.43 bits per heavy atom. The second-order valence-corrected chi connectivity index (χ2v) is 5.84. The van der Waals surface area contributed by atoms with Gasteiger partial charge in [0.1, 0.15) is 23.2 Å².